The molecule has 23 heavy (non-hydrogen) atoms. The van der Waals surface area contributed by atoms with E-state index in [-0.39, 0.29) is 6.04 Å². The van der Waals surface area contributed by atoms with Crippen molar-refractivity contribution in [3.8, 4) is 5.69 Å². The van der Waals surface area contributed by atoms with E-state index >= 15 is 0 Å². The maximum atomic E-state index is 11.4. The number of rotatable bonds is 4. The third-order valence-electron chi connectivity index (χ3n) is 5.05. The second kappa shape index (κ2) is 5.81. The lowest BCUT2D eigenvalue weighted by Gasteiger charge is -2.26. The summed E-state index contributed by atoms with van der Waals surface area (Å²) in [4.78, 5) is 17.9. The van der Waals surface area contributed by atoms with Crippen molar-refractivity contribution in [3.63, 3.8) is 0 Å². The first-order chi connectivity index (χ1) is 10.9. The minimum atomic E-state index is -0.696. The maximum absolute atomic E-state index is 11.4. The Morgan fingerprint density at radius 1 is 1.35 bits per heavy atom. The Hall–Kier alpha value is -2.14. The van der Waals surface area contributed by atoms with E-state index in [1.807, 2.05) is 24.6 Å². The summed E-state index contributed by atoms with van der Waals surface area (Å²) < 4.78 is 2.05. The number of carboxylic acid groups (broad SMARTS) is 1. The van der Waals surface area contributed by atoms with Crippen LogP contribution >= 0.6 is 0 Å². The van der Waals surface area contributed by atoms with Gasteiger partial charge in [0.1, 0.15) is 5.82 Å². The van der Waals surface area contributed by atoms with Gasteiger partial charge in [-0.15, -0.1) is 0 Å². The first-order valence-electron chi connectivity index (χ1n) is 7.98. The monoisotopic (exact) mass is 313 g/mol. The van der Waals surface area contributed by atoms with E-state index in [0.29, 0.717) is 13.0 Å². The fourth-order valence-corrected chi connectivity index (χ4v) is 3.28. The lowest BCUT2D eigenvalue weighted by molar-refractivity contribution is -0.147. The number of hydrogen-bond acceptors (Lipinski definition) is 3. The van der Waals surface area contributed by atoms with E-state index in [1.54, 1.807) is 6.20 Å². The van der Waals surface area contributed by atoms with Crippen molar-refractivity contribution in [2.75, 3.05) is 13.1 Å². The average Bonchev–Trinajstić information content (AvgIpc) is 3.14. The molecule has 0 bridgehead atoms. The van der Waals surface area contributed by atoms with Crippen LogP contribution < -0.4 is 0 Å². The first kappa shape index (κ1) is 15.7. The SMILES string of the molecule is Cc1nccn1-c1ccc(C(C)N2CCC(C)(C(=O)O)C2)cc1. The van der Waals surface area contributed by atoms with Gasteiger partial charge in [-0.3, -0.25) is 9.69 Å². The van der Waals surface area contributed by atoms with Gasteiger partial charge in [0.25, 0.3) is 0 Å². The number of aliphatic carboxylic acids is 1. The van der Waals surface area contributed by atoms with Crippen LogP contribution in [0.3, 0.4) is 0 Å². The average molecular weight is 313 g/mol. The highest BCUT2D eigenvalue weighted by Gasteiger charge is 2.41. The van der Waals surface area contributed by atoms with Crippen LogP contribution in [0.25, 0.3) is 5.69 Å². The van der Waals surface area contributed by atoms with Crippen molar-refractivity contribution in [2.45, 2.75) is 33.2 Å². The Labute approximate surface area is 136 Å². The Bertz CT molecular complexity index is 707. The summed E-state index contributed by atoms with van der Waals surface area (Å²) in [6.45, 7) is 7.39. The second-order valence-electron chi connectivity index (χ2n) is 6.70. The lowest BCUT2D eigenvalue weighted by Crippen LogP contribution is -2.32. The number of hydrogen-bond donors (Lipinski definition) is 1. The lowest BCUT2D eigenvalue weighted by atomic mass is 9.90. The summed E-state index contributed by atoms with van der Waals surface area (Å²) in [6.07, 6.45) is 4.45. The molecule has 1 N–H and O–H groups in total. The largest absolute Gasteiger partial charge is 0.481 e. The number of likely N-dealkylation sites (tertiary alicyclic amines) is 1. The van der Waals surface area contributed by atoms with Crippen LogP contribution in [-0.2, 0) is 4.79 Å². The molecule has 1 aliphatic rings. The summed E-state index contributed by atoms with van der Waals surface area (Å²) in [5.74, 6) is 0.265. The Kier molecular flexibility index (Phi) is 3.98. The van der Waals surface area contributed by atoms with Gasteiger partial charge in [-0.05, 0) is 51.4 Å². The molecule has 5 heteroatoms. The Morgan fingerprint density at radius 2 is 2.04 bits per heavy atom. The molecular weight excluding hydrogens is 290 g/mol. The molecule has 0 amide bonds. The third-order valence-corrected chi connectivity index (χ3v) is 5.05. The Balaban J connectivity index is 1.75. The second-order valence-corrected chi connectivity index (χ2v) is 6.70. The van der Waals surface area contributed by atoms with Crippen LogP contribution in [0.4, 0.5) is 0 Å². The summed E-state index contributed by atoms with van der Waals surface area (Å²) in [5.41, 5.74) is 1.68. The molecule has 1 aliphatic heterocycles. The predicted octanol–water partition coefficient (Wildman–Crippen LogP) is 3.04. The molecule has 0 saturated carbocycles. The van der Waals surface area contributed by atoms with Gasteiger partial charge < -0.3 is 9.67 Å². The van der Waals surface area contributed by atoms with Crippen molar-refractivity contribution < 1.29 is 9.90 Å². The predicted molar refractivity (Wildman–Crippen MR) is 88.6 cm³/mol. The molecule has 0 spiro atoms. The number of aryl methyl sites for hydroxylation is 1. The summed E-state index contributed by atoms with van der Waals surface area (Å²) in [6, 6.07) is 8.64. The number of nitrogens with zero attached hydrogens (tertiary/aromatic N) is 3. The summed E-state index contributed by atoms with van der Waals surface area (Å²) in [5, 5.41) is 9.38. The van der Waals surface area contributed by atoms with Gasteiger partial charge in [-0.2, -0.15) is 0 Å². The highest BCUT2D eigenvalue weighted by atomic mass is 16.4. The minimum absolute atomic E-state index is 0.217. The van der Waals surface area contributed by atoms with Crippen LogP contribution in [0.2, 0.25) is 0 Å². The molecule has 3 rings (SSSR count). The number of benzene rings is 1. The van der Waals surface area contributed by atoms with Crippen LogP contribution in [0.15, 0.2) is 36.7 Å². The van der Waals surface area contributed by atoms with Crippen LogP contribution in [-0.4, -0.2) is 38.6 Å². The molecule has 1 aromatic heterocycles. The van der Waals surface area contributed by atoms with Gasteiger partial charge in [0.05, 0.1) is 5.41 Å². The van der Waals surface area contributed by atoms with Crippen molar-refractivity contribution in [1.29, 1.82) is 0 Å². The number of carboxylic acids is 1. The van der Waals surface area contributed by atoms with Gasteiger partial charge in [-0.25, -0.2) is 4.98 Å². The smallest absolute Gasteiger partial charge is 0.310 e. The van der Waals surface area contributed by atoms with Crippen LogP contribution in [0.1, 0.15) is 37.7 Å². The maximum Gasteiger partial charge on any atom is 0.310 e. The first-order valence-corrected chi connectivity index (χ1v) is 7.98. The van der Waals surface area contributed by atoms with Crippen LogP contribution in [0, 0.1) is 12.3 Å². The Morgan fingerprint density at radius 3 is 2.57 bits per heavy atom. The van der Waals surface area contributed by atoms with Crippen LogP contribution in [0.5, 0.6) is 0 Å². The standard InChI is InChI=1S/C18H23N3O2/c1-13(20-10-8-18(3,12-20)17(22)23)15-4-6-16(7-5-15)21-11-9-19-14(21)2/h4-7,9,11,13H,8,10,12H2,1-3H3,(H,22,23). The molecule has 0 radical (unpaired) electrons. The van der Waals surface area contributed by atoms with Crippen molar-refractivity contribution >= 4 is 5.97 Å². The summed E-state index contributed by atoms with van der Waals surface area (Å²) in [7, 11) is 0. The van der Waals surface area contributed by atoms with Gasteiger partial charge >= 0.3 is 5.97 Å². The molecule has 2 heterocycles. The van der Waals surface area contributed by atoms with Crippen molar-refractivity contribution in [3.05, 3.63) is 48.0 Å². The quantitative estimate of drug-likeness (QED) is 0.942. The zero-order chi connectivity index (χ0) is 16.6. The molecule has 1 aromatic carbocycles. The van der Waals surface area contributed by atoms with Gasteiger partial charge in [0, 0.05) is 30.7 Å². The molecule has 122 valence electrons. The van der Waals surface area contributed by atoms with Gasteiger partial charge in [0.2, 0.25) is 0 Å². The van der Waals surface area contributed by atoms with E-state index in [4.69, 9.17) is 0 Å². The van der Waals surface area contributed by atoms with Crippen molar-refractivity contribution in [1.82, 2.24) is 14.5 Å². The molecule has 2 aromatic rings. The van der Waals surface area contributed by atoms with Gasteiger partial charge in [0.15, 0.2) is 0 Å². The highest BCUT2D eigenvalue weighted by Crippen LogP contribution is 2.35. The normalized spacial score (nSPS) is 23.1. The van der Waals surface area contributed by atoms with E-state index in [0.717, 1.165) is 18.1 Å². The van der Waals surface area contributed by atoms with E-state index in [2.05, 4.69) is 41.1 Å². The zero-order valence-electron chi connectivity index (χ0n) is 13.9. The fraction of sp³-hybridized carbons (Fsp3) is 0.444. The van der Waals surface area contributed by atoms with E-state index in [1.165, 1.54) is 5.56 Å². The number of carbonyl (C=O) groups is 1. The minimum Gasteiger partial charge on any atom is -0.481 e. The molecule has 2 unspecified atom stereocenters. The number of imidazole rings is 1. The fourth-order valence-electron chi connectivity index (χ4n) is 3.28. The van der Waals surface area contributed by atoms with Crippen molar-refractivity contribution in [2.24, 2.45) is 5.41 Å². The van der Waals surface area contributed by atoms with E-state index in [9.17, 15) is 9.90 Å². The van der Waals surface area contributed by atoms with E-state index < -0.39 is 11.4 Å². The molecular formula is C18H23N3O2. The molecule has 1 fully saturated rings. The van der Waals surface area contributed by atoms with Gasteiger partial charge in [-0.1, -0.05) is 12.1 Å². The molecule has 2 atom stereocenters. The zero-order valence-corrected chi connectivity index (χ0v) is 13.9. The summed E-state index contributed by atoms with van der Waals surface area (Å²) >= 11 is 0. The molecule has 0 aliphatic carbocycles. The highest BCUT2D eigenvalue weighted by molar-refractivity contribution is 5.74. The molecule has 1 saturated heterocycles. The third kappa shape index (κ3) is 2.88. The number of aromatic nitrogens is 2. The topological polar surface area (TPSA) is 58.4 Å². The molecule has 5 nitrogen and oxygen atoms in total.